The number of hydrogen-bond acceptors (Lipinski definition) is 4. The molecule has 7 nitrogen and oxygen atoms in total. The number of carbonyl (C=O) groups is 2. The van der Waals surface area contributed by atoms with Crippen molar-refractivity contribution in [2.24, 2.45) is 7.05 Å². The van der Waals surface area contributed by atoms with Crippen LogP contribution in [0.4, 0.5) is 16.2 Å². The SMILES string of the molecule is CNC(=O)NCCc1ccc(Nc2ccc3c4c(cc(=O)n3C)-c3ccccc3C(=O)c24)cc1. The number of aromatic nitrogens is 1. The summed E-state index contributed by atoms with van der Waals surface area (Å²) >= 11 is 0. The Morgan fingerprint density at radius 1 is 0.912 bits per heavy atom. The molecule has 3 aromatic carbocycles. The van der Waals surface area contributed by atoms with Gasteiger partial charge < -0.3 is 20.5 Å². The summed E-state index contributed by atoms with van der Waals surface area (Å²) in [5.74, 6) is -0.0632. The number of fused-ring (bicyclic) bond motifs is 2. The van der Waals surface area contributed by atoms with Gasteiger partial charge in [-0.15, -0.1) is 0 Å². The summed E-state index contributed by atoms with van der Waals surface area (Å²) in [5.41, 5.74) is 5.98. The molecule has 0 spiro atoms. The lowest BCUT2D eigenvalue weighted by atomic mass is 9.83. The molecule has 5 rings (SSSR count). The van der Waals surface area contributed by atoms with Gasteiger partial charge in [-0.05, 0) is 47.4 Å². The molecule has 1 aromatic heterocycles. The molecule has 0 bridgehead atoms. The summed E-state index contributed by atoms with van der Waals surface area (Å²) in [5, 5.41) is 9.48. The number of pyridine rings is 1. The van der Waals surface area contributed by atoms with Crippen molar-refractivity contribution in [3.8, 4) is 11.1 Å². The lowest BCUT2D eigenvalue weighted by molar-refractivity contribution is 0.104. The Bertz CT molecular complexity index is 1500. The van der Waals surface area contributed by atoms with Gasteiger partial charge in [0.25, 0.3) is 5.56 Å². The highest BCUT2D eigenvalue weighted by molar-refractivity contribution is 6.28. The Balaban J connectivity index is 1.52. The number of urea groups is 1. The zero-order chi connectivity index (χ0) is 23.8. The molecule has 170 valence electrons. The lowest BCUT2D eigenvalue weighted by Crippen LogP contribution is -2.33. The van der Waals surface area contributed by atoms with Gasteiger partial charge in [0.05, 0.1) is 16.8 Å². The minimum atomic E-state index is -0.202. The molecule has 3 N–H and O–H groups in total. The maximum absolute atomic E-state index is 13.6. The zero-order valence-electron chi connectivity index (χ0n) is 18.9. The van der Waals surface area contributed by atoms with E-state index in [9.17, 15) is 14.4 Å². The fraction of sp³-hybridized carbons (Fsp3) is 0.148. The van der Waals surface area contributed by atoms with E-state index in [4.69, 9.17) is 0 Å². The molecule has 0 aliphatic heterocycles. The van der Waals surface area contributed by atoms with Gasteiger partial charge >= 0.3 is 6.03 Å². The van der Waals surface area contributed by atoms with Gasteiger partial charge in [0.1, 0.15) is 0 Å². The van der Waals surface area contributed by atoms with E-state index in [1.807, 2.05) is 60.7 Å². The average Bonchev–Trinajstić information content (AvgIpc) is 2.86. The standard InChI is InChI=1S/C27H24N4O3/c1-28-27(34)29-14-13-16-7-9-17(10-8-16)30-21-11-12-22-24-20(15-23(32)31(22)2)18-5-3-4-6-19(18)26(33)25(21)24/h3-12,15,30H,13-14H2,1-2H3,(H2,28,29,34). The molecular weight excluding hydrogens is 428 g/mol. The third-order valence-corrected chi connectivity index (χ3v) is 6.26. The van der Waals surface area contributed by atoms with Crippen LogP contribution in [0.15, 0.2) is 71.5 Å². The Labute approximate surface area is 196 Å². The fourth-order valence-electron chi connectivity index (χ4n) is 4.48. The fourth-order valence-corrected chi connectivity index (χ4v) is 4.48. The number of nitrogens with zero attached hydrogens (tertiary/aromatic N) is 1. The Kier molecular flexibility index (Phi) is 5.37. The van der Waals surface area contributed by atoms with Crippen LogP contribution in [0.1, 0.15) is 21.5 Å². The van der Waals surface area contributed by atoms with E-state index in [1.54, 1.807) is 24.7 Å². The number of aryl methyl sites for hydroxylation is 1. The van der Waals surface area contributed by atoms with Crippen LogP contribution >= 0.6 is 0 Å². The Morgan fingerprint density at radius 2 is 1.65 bits per heavy atom. The number of carbonyl (C=O) groups excluding carboxylic acids is 2. The third kappa shape index (κ3) is 3.61. The molecule has 2 amide bonds. The van der Waals surface area contributed by atoms with Gasteiger partial charge in [0.15, 0.2) is 5.78 Å². The van der Waals surface area contributed by atoms with Crippen LogP contribution < -0.4 is 21.5 Å². The van der Waals surface area contributed by atoms with Gasteiger partial charge in [-0.2, -0.15) is 0 Å². The van der Waals surface area contributed by atoms with Crippen molar-refractivity contribution >= 4 is 34.1 Å². The highest BCUT2D eigenvalue weighted by Gasteiger charge is 2.28. The number of benzene rings is 3. The van der Waals surface area contributed by atoms with Gasteiger partial charge in [-0.1, -0.05) is 36.4 Å². The van der Waals surface area contributed by atoms with Crippen molar-refractivity contribution < 1.29 is 9.59 Å². The smallest absolute Gasteiger partial charge is 0.314 e. The van der Waals surface area contributed by atoms with Crippen LogP contribution in [-0.4, -0.2) is 30.0 Å². The van der Waals surface area contributed by atoms with Crippen LogP contribution in [0.25, 0.3) is 22.0 Å². The summed E-state index contributed by atoms with van der Waals surface area (Å²) in [6, 6.07) is 20.5. The first kappa shape index (κ1) is 21.5. The average molecular weight is 453 g/mol. The first-order valence-corrected chi connectivity index (χ1v) is 11.1. The van der Waals surface area contributed by atoms with Crippen molar-refractivity contribution in [2.45, 2.75) is 6.42 Å². The monoisotopic (exact) mass is 452 g/mol. The summed E-state index contributed by atoms with van der Waals surface area (Å²) in [6.07, 6.45) is 0.710. The first-order chi connectivity index (χ1) is 16.5. The maximum atomic E-state index is 13.6. The van der Waals surface area contributed by atoms with Crippen molar-refractivity contribution in [3.63, 3.8) is 0 Å². The van der Waals surface area contributed by atoms with E-state index in [2.05, 4.69) is 16.0 Å². The van der Waals surface area contributed by atoms with E-state index in [1.165, 1.54) is 0 Å². The predicted molar refractivity (Wildman–Crippen MR) is 134 cm³/mol. The van der Waals surface area contributed by atoms with Crippen LogP contribution in [0.2, 0.25) is 0 Å². The first-order valence-electron chi connectivity index (χ1n) is 11.1. The quantitative estimate of drug-likeness (QED) is 0.376. The number of amides is 2. The largest absolute Gasteiger partial charge is 0.355 e. The van der Waals surface area contributed by atoms with Crippen molar-refractivity contribution in [2.75, 3.05) is 18.9 Å². The summed E-state index contributed by atoms with van der Waals surface area (Å²) in [6.45, 7) is 0.538. The molecule has 1 heterocycles. The molecule has 0 saturated carbocycles. The second-order valence-corrected chi connectivity index (χ2v) is 8.29. The van der Waals surface area contributed by atoms with Crippen LogP contribution in [0.3, 0.4) is 0 Å². The molecule has 7 heteroatoms. The highest BCUT2D eigenvalue weighted by atomic mass is 16.2. The molecular formula is C27H24N4O3. The van der Waals surface area contributed by atoms with Crippen LogP contribution in [0, 0.1) is 0 Å². The lowest BCUT2D eigenvalue weighted by Gasteiger charge is -2.23. The van der Waals surface area contributed by atoms with Gasteiger partial charge in [-0.25, -0.2) is 4.79 Å². The van der Waals surface area contributed by atoms with Gasteiger partial charge in [0, 0.05) is 43.3 Å². The highest BCUT2D eigenvalue weighted by Crippen LogP contribution is 2.41. The summed E-state index contributed by atoms with van der Waals surface area (Å²) < 4.78 is 1.58. The molecule has 0 atom stereocenters. The number of hydrogen-bond donors (Lipinski definition) is 3. The van der Waals surface area contributed by atoms with E-state index in [0.29, 0.717) is 29.8 Å². The molecule has 0 fully saturated rings. The topological polar surface area (TPSA) is 92.2 Å². The second kappa shape index (κ2) is 8.51. The minimum Gasteiger partial charge on any atom is -0.355 e. The summed E-state index contributed by atoms with van der Waals surface area (Å²) in [4.78, 5) is 37.5. The maximum Gasteiger partial charge on any atom is 0.314 e. The molecule has 0 radical (unpaired) electrons. The molecule has 0 unspecified atom stereocenters. The third-order valence-electron chi connectivity index (χ3n) is 6.26. The Morgan fingerprint density at radius 3 is 2.38 bits per heavy atom. The van der Waals surface area contributed by atoms with Crippen LogP contribution in [-0.2, 0) is 13.5 Å². The van der Waals surface area contributed by atoms with Crippen molar-refractivity contribution in [1.29, 1.82) is 0 Å². The van der Waals surface area contributed by atoms with Crippen molar-refractivity contribution in [1.82, 2.24) is 15.2 Å². The van der Waals surface area contributed by atoms with Gasteiger partial charge in [0.2, 0.25) is 0 Å². The summed E-state index contributed by atoms with van der Waals surface area (Å²) in [7, 11) is 3.31. The molecule has 1 aliphatic rings. The molecule has 1 aliphatic carbocycles. The number of nitrogens with one attached hydrogen (secondary N) is 3. The van der Waals surface area contributed by atoms with E-state index in [0.717, 1.165) is 33.3 Å². The predicted octanol–water partition coefficient (Wildman–Crippen LogP) is 3.97. The van der Waals surface area contributed by atoms with Crippen molar-refractivity contribution in [3.05, 3.63) is 93.8 Å². The normalized spacial score (nSPS) is 11.8. The van der Waals surface area contributed by atoms with E-state index < -0.39 is 0 Å². The number of rotatable bonds is 5. The minimum absolute atomic E-state index is 0.0632. The van der Waals surface area contributed by atoms with E-state index >= 15 is 0 Å². The zero-order valence-corrected chi connectivity index (χ0v) is 18.9. The Hall–Kier alpha value is -4.39. The van der Waals surface area contributed by atoms with Gasteiger partial charge in [-0.3, -0.25) is 9.59 Å². The molecule has 4 aromatic rings. The number of anilines is 2. The van der Waals surface area contributed by atoms with Crippen LogP contribution in [0.5, 0.6) is 0 Å². The second-order valence-electron chi connectivity index (χ2n) is 8.29. The van der Waals surface area contributed by atoms with E-state index in [-0.39, 0.29) is 17.4 Å². The number of ketones is 1. The molecule has 34 heavy (non-hydrogen) atoms. The molecule has 0 saturated heterocycles.